The van der Waals surface area contributed by atoms with Crippen LogP contribution in [0.3, 0.4) is 0 Å². The number of benzene rings is 1. The quantitative estimate of drug-likeness (QED) is 0.825. The summed E-state index contributed by atoms with van der Waals surface area (Å²) in [5, 5.41) is 10.7. The lowest BCUT2D eigenvalue weighted by Gasteiger charge is -2.10. The average molecular weight is 313 g/mol. The molecule has 0 bridgehead atoms. The van der Waals surface area contributed by atoms with E-state index in [4.69, 9.17) is 5.11 Å². The molecule has 1 amide bonds. The van der Waals surface area contributed by atoms with E-state index in [-0.39, 0.29) is 17.0 Å². The van der Waals surface area contributed by atoms with Gasteiger partial charge in [0, 0.05) is 12.1 Å². The van der Waals surface area contributed by atoms with Gasteiger partial charge in [0.25, 0.3) is 5.91 Å². The highest BCUT2D eigenvalue weighted by Crippen LogP contribution is 2.16. The Balaban J connectivity index is 2.79. The zero-order valence-corrected chi connectivity index (χ0v) is 13.0. The molecule has 0 saturated heterocycles. The Morgan fingerprint density at radius 1 is 1.14 bits per heavy atom. The molecule has 1 unspecified atom stereocenters. The summed E-state index contributed by atoms with van der Waals surface area (Å²) in [7, 11) is -3.37. The number of carboxylic acid groups (broad SMARTS) is 1. The highest BCUT2D eigenvalue weighted by atomic mass is 32.2. The normalized spacial score (nSPS) is 13.0. The number of carbonyl (C=O) groups excluding carboxylic acids is 1. The third kappa shape index (κ3) is 4.29. The number of nitrogens with one attached hydrogen (secondary N) is 1. The van der Waals surface area contributed by atoms with Gasteiger partial charge in [-0.15, -0.1) is 0 Å². The minimum absolute atomic E-state index is 0.0141. The highest BCUT2D eigenvalue weighted by molar-refractivity contribution is 7.92. The molecule has 116 valence electrons. The number of amides is 1. The third-order valence-corrected chi connectivity index (χ3v) is 5.23. The van der Waals surface area contributed by atoms with Crippen molar-refractivity contribution in [2.24, 2.45) is 5.92 Å². The topological polar surface area (TPSA) is 101 Å². The predicted octanol–water partition coefficient (Wildman–Crippen LogP) is 1.32. The fraction of sp³-hybridized carbons (Fsp3) is 0.429. The number of hydrogen-bond donors (Lipinski definition) is 2. The molecule has 1 rings (SSSR count). The first-order valence-electron chi connectivity index (χ1n) is 6.51. The molecule has 2 N–H and O–H groups in total. The summed E-state index contributed by atoms with van der Waals surface area (Å²) >= 11 is 0. The Bertz CT molecular complexity index is 619. The molecular weight excluding hydrogens is 294 g/mol. The van der Waals surface area contributed by atoms with Gasteiger partial charge in [-0.1, -0.05) is 6.92 Å². The molecule has 0 aliphatic heterocycles. The molecule has 1 aromatic rings. The van der Waals surface area contributed by atoms with Crippen molar-refractivity contribution in [2.75, 3.05) is 6.54 Å². The molecular formula is C14H19NO5S. The first kappa shape index (κ1) is 17.2. The summed E-state index contributed by atoms with van der Waals surface area (Å²) < 4.78 is 23.9. The van der Waals surface area contributed by atoms with Crippen LogP contribution in [0.4, 0.5) is 0 Å². The van der Waals surface area contributed by atoms with Crippen molar-refractivity contribution in [3.8, 4) is 0 Å². The smallest absolute Gasteiger partial charge is 0.308 e. The summed E-state index contributed by atoms with van der Waals surface area (Å²) in [6, 6.07) is 5.59. The molecule has 0 aromatic heterocycles. The second-order valence-electron chi connectivity index (χ2n) is 5.07. The van der Waals surface area contributed by atoms with Gasteiger partial charge >= 0.3 is 5.97 Å². The fourth-order valence-electron chi connectivity index (χ4n) is 1.50. The summed E-state index contributed by atoms with van der Waals surface area (Å²) in [5.41, 5.74) is 0.287. The molecule has 0 aliphatic carbocycles. The lowest BCUT2D eigenvalue weighted by molar-refractivity contribution is -0.140. The summed E-state index contributed by atoms with van der Waals surface area (Å²) in [4.78, 5) is 22.6. The Hall–Kier alpha value is -1.89. The van der Waals surface area contributed by atoms with Crippen molar-refractivity contribution in [3.05, 3.63) is 29.8 Å². The molecule has 0 spiro atoms. The predicted molar refractivity (Wildman–Crippen MR) is 77.9 cm³/mol. The SMILES string of the molecule is CC(CNC(=O)c1ccc(S(=O)(=O)C(C)C)cc1)C(=O)O. The van der Waals surface area contributed by atoms with Crippen LogP contribution < -0.4 is 5.32 Å². The third-order valence-electron chi connectivity index (χ3n) is 3.06. The lowest BCUT2D eigenvalue weighted by atomic mass is 10.1. The van der Waals surface area contributed by atoms with Crippen LogP contribution in [0.1, 0.15) is 31.1 Å². The van der Waals surface area contributed by atoms with Gasteiger partial charge in [-0.05, 0) is 38.1 Å². The van der Waals surface area contributed by atoms with E-state index in [9.17, 15) is 18.0 Å². The zero-order valence-electron chi connectivity index (χ0n) is 12.2. The van der Waals surface area contributed by atoms with Gasteiger partial charge in [-0.25, -0.2) is 8.42 Å². The number of rotatable bonds is 6. The van der Waals surface area contributed by atoms with E-state index in [2.05, 4.69) is 5.32 Å². The van der Waals surface area contributed by atoms with E-state index >= 15 is 0 Å². The summed E-state index contributed by atoms with van der Waals surface area (Å²) in [6.45, 7) is 4.67. The molecule has 0 radical (unpaired) electrons. The molecule has 6 nitrogen and oxygen atoms in total. The van der Waals surface area contributed by atoms with Crippen molar-refractivity contribution >= 4 is 21.7 Å². The van der Waals surface area contributed by atoms with Crippen molar-refractivity contribution in [3.63, 3.8) is 0 Å². The van der Waals surface area contributed by atoms with Gasteiger partial charge in [0.2, 0.25) is 0 Å². The van der Waals surface area contributed by atoms with Crippen LogP contribution >= 0.6 is 0 Å². The van der Waals surface area contributed by atoms with Crippen LogP contribution in [0.15, 0.2) is 29.2 Å². The first-order valence-corrected chi connectivity index (χ1v) is 8.06. The molecule has 0 heterocycles. The number of sulfone groups is 1. The number of carboxylic acids is 1. The molecule has 0 saturated carbocycles. The second-order valence-corrected chi connectivity index (χ2v) is 7.57. The van der Waals surface area contributed by atoms with Gasteiger partial charge in [0.15, 0.2) is 9.84 Å². The monoisotopic (exact) mass is 313 g/mol. The first-order chi connectivity index (χ1) is 9.66. The molecule has 0 fully saturated rings. The largest absolute Gasteiger partial charge is 0.481 e. The number of aliphatic carboxylic acids is 1. The van der Waals surface area contributed by atoms with Crippen molar-refractivity contribution < 1.29 is 23.1 Å². The van der Waals surface area contributed by atoms with Crippen LogP contribution in [0, 0.1) is 5.92 Å². The van der Waals surface area contributed by atoms with Crippen molar-refractivity contribution in [1.82, 2.24) is 5.32 Å². The minimum atomic E-state index is -3.37. The lowest BCUT2D eigenvalue weighted by Crippen LogP contribution is -2.31. The van der Waals surface area contributed by atoms with E-state index in [1.807, 2.05) is 0 Å². The maximum absolute atomic E-state index is 11.9. The van der Waals surface area contributed by atoms with Crippen LogP contribution in [0.5, 0.6) is 0 Å². The average Bonchev–Trinajstić information content (AvgIpc) is 2.44. The van der Waals surface area contributed by atoms with E-state index in [0.29, 0.717) is 0 Å². The van der Waals surface area contributed by atoms with E-state index in [0.717, 1.165) is 0 Å². The van der Waals surface area contributed by atoms with Gasteiger partial charge in [-0.3, -0.25) is 9.59 Å². The molecule has 0 aliphatic rings. The highest BCUT2D eigenvalue weighted by Gasteiger charge is 2.19. The maximum atomic E-state index is 11.9. The van der Waals surface area contributed by atoms with Gasteiger partial charge in [-0.2, -0.15) is 0 Å². The van der Waals surface area contributed by atoms with E-state index < -0.39 is 32.9 Å². The Kier molecular flexibility index (Phi) is 5.48. The van der Waals surface area contributed by atoms with Crippen LogP contribution in [0.2, 0.25) is 0 Å². The Morgan fingerprint density at radius 2 is 1.67 bits per heavy atom. The molecule has 1 aromatic carbocycles. The van der Waals surface area contributed by atoms with E-state index in [1.165, 1.54) is 31.2 Å². The summed E-state index contributed by atoms with van der Waals surface area (Å²) in [6.07, 6.45) is 0. The molecule has 7 heteroatoms. The number of hydrogen-bond acceptors (Lipinski definition) is 4. The van der Waals surface area contributed by atoms with Crippen LogP contribution in [-0.2, 0) is 14.6 Å². The standard InChI is InChI=1S/C14H19NO5S/c1-9(2)21(19,20)12-6-4-11(5-7-12)13(16)15-8-10(3)14(17)18/h4-7,9-10H,8H2,1-3H3,(H,15,16)(H,17,18). The second kappa shape index (κ2) is 6.71. The van der Waals surface area contributed by atoms with Gasteiger partial charge < -0.3 is 10.4 Å². The van der Waals surface area contributed by atoms with E-state index in [1.54, 1.807) is 13.8 Å². The Morgan fingerprint density at radius 3 is 2.10 bits per heavy atom. The fourth-order valence-corrected chi connectivity index (χ4v) is 2.56. The van der Waals surface area contributed by atoms with Gasteiger partial charge in [0.05, 0.1) is 16.1 Å². The molecule has 21 heavy (non-hydrogen) atoms. The minimum Gasteiger partial charge on any atom is -0.481 e. The van der Waals surface area contributed by atoms with Crippen molar-refractivity contribution in [1.29, 1.82) is 0 Å². The van der Waals surface area contributed by atoms with Crippen LogP contribution in [0.25, 0.3) is 0 Å². The number of carbonyl (C=O) groups is 2. The zero-order chi connectivity index (χ0) is 16.2. The van der Waals surface area contributed by atoms with Crippen LogP contribution in [-0.4, -0.2) is 37.2 Å². The van der Waals surface area contributed by atoms with Gasteiger partial charge in [0.1, 0.15) is 0 Å². The molecule has 1 atom stereocenters. The van der Waals surface area contributed by atoms with Crippen molar-refractivity contribution in [2.45, 2.75) is 30.9 Å². The maximum Gasteiger partial charge on any atom is 0.308 e. The summed E-state index contributed by atoms with van der Waals surface area (Å²) in [5.74, 6) is -2.11. The Labute approximate surface area is 124 Å².